The van der Waals surface area contributed by atoms with E-state index in [2.05, 4.69) is 154 Å². The summed E-state index contributed by atoms with van der Waals surface area (Å²) >= 11 is 47.1. The van der Waals surface area contributed by atoms with Crippen LogP contribution in [0.15, 0.2) is 0 Å². The molecule has 234 valence electrons. The van der Waals surface area contributed by atoms with Gasteiger partial charge in [-0.25, -0.2) is 22.3 Å². The van der Waals surface area contributed by atoms with E-state index in [9.17, 15) is 28.8 Å². The molecule has 0 saturated heterocycles. The molecule has 6 amide bonds. The Morgan fingerprint density at radius 1 is 0.286 bits per heavy atom. The number of hydrogen-bond donors (Lipinski definition) is 12. The van der Waals surface area contributed by atoms with Crippen molar-refractivity contribution in [2.45, 2.75) is 38.5 Å². The van der Waals surface area contributed by atoms with Gasteiger partial charge in [-0.05, 0) is 33.4 Å². The van der Waals surface area contributed by atoms with Crippen molar-refractivity contribution in [1.29, 1.82) is 0 Å². The maximum atomic E-state index is 12.9. The Labute approximate surface area is 309 Å². The van der Waals surface area contributed by atoms with Crippen molar-refractivity contribution in [2.24, 2.45) is 0 Å². The fourth-order valence-corrected chi connectivity index (χ4v) is 4.55. The third-order valence-corrected chi connectivity index (χ3v) is 8.17. The average molecular weight is 805 g/mol. The van der Waals surface area contributed by atoms with Crippen LogP contribution in [0.1, 0.15) is 33.4 Å². The molecule has 1 aromatic carbocycles. The van der Waals surface area contributed by atoms with Gasteiger partial charge in [-0.1, -0.05) is 154 Å². The second-order valence-corrected chi connectivity index (χ2v) is 14.7. The first-order chi connectivity index (χ1) is 19.3. The van der Waals surface area contributed by atoms with E-state index in [1.54, 1.807) is 0 Å². The van der Waals surface area contributed by atoms with E-state index in [1.165, 1.54) is 0 Å². The number of rotatable bonds is 12. The summed E-state index contributed by atoms with van der Waals surface area (Å²) in [6.07, 6.45) is -3.11. The maximum Gasteiger partial charge on any atom is 0.246 e. The van der Waals surface area contributed by atoms with Crippen molar-refractivity contribution in [3.05, 3.63) is 33.4 Å². The molecular weight excluding hydrogens is 781 g/mol. The summed E-state index contributed by atoms with van der Waals surface area (Å²) < 4.78 is 4.02. The van der Waals surface area contributed by atoms with E-state index >= 15 is 0 Å². The van der Waals surface area contributed by atoms with Gasteiger partial charge in [0, 0.05) is 0 Å². The van der Waals surface area contributed by atoms with Crippen molar-refractivity contribution in [3.8, 4) is 0 Å². The smallest absolute Gasteiger partial charge is 0.246 e. The summed E-state index contributed by atoms with van der Waals surface area (Å²) in [6, 6.07) is 0. The molecule has 0 unspecified atom stereocenters. The molecule has 1 rings (SSSR count). The summed E-state index contributed by atoms with van der Waals surface area (Å²) in [7, 11) is 0. The lowest BCUT2D eigenvalue weighted by molar-refractivity contribution is -0.123. The zero-order valence-corrected chi connectivity index (χ0v) is 31.5. The molecule has 12 nitrogen and oxygen atoms in total. The van der Waals surface area contributed by atoms with Crippen molar-refractivity contribution < 1.29 is 28.8 Å². The fraction of sp³-hybridized carbons (Fsp3) is 0.333. The molecule has 24 heteroatoms. The molecule has 0 atom stereocenters. The Kier molecular flexibility index (Phi) is 17.6. The van der Waals surface area contributed by atoms with E-state index < -0.39 is 74.0 Å². The lowest BCUT2D eigenvalue weighted by Gasteiger charge is -2.28. The van der Waals surface area contributed by atoms with Crippen LogP contribution >= 0.6 is 154 Å². The van der Waals surface area contributed by atoms with Crippen molar-refractivity contribution in [3.63, 3.8) is 0 Å². The Bertz CT molecular complexity index is 986. The zero-order valence-electron chi connectivity index (χ0n) is 20.7. The molecule has 0 spiro atoms. The normalized spacial score (nSPS) is 10.6. The molecule has 0 radical (unpaired) electrons. The van der Waals surface area contributed by atoms with Crippen LogP contribution in [0, 0.1) is 0 Å². The number of carbonyl (C=O) groups excluding carboxylic acids is 6. The van der Waals surface area contributed by atoms with Crippen LogP contribution in [0.4, 0.5) is 0 Å². The molecule has 0 bridgehead atoms. The van der Waals surface area contributed by atoms with E-state index in [1.807, 2.05) is 0 Å². The van der Waals surface area contributed by atoms with Crippen LogP contribution in [-0.2, 0) is 67.3 Å². The minimum atomic E-state index is -0.712. The van der Waals surface area contributed by atoms with Gasteiger partial charge in [0.2, 0.25) is 35.4 Å². The molecule has 1 aromatic rings. The summed E-state index contributed by atoms with van der Waals surface area (Å²) in [4.78, 5) is 77.6. The molecule has 0 N–H and O–H groups in total. The van der Waals surface area contributed by atoms with Gasteiger partial charge in [0.1, 0.15) is 0 Å². The predicted molar refractivity (Wildman–Crippen MR) is 198 cm³/mol. The van der Waals surface area contributed by atoms with Gasteiger partial charge in [-0.15, -0.1) is 0 Å². The zero-order chi connectivity index (χ0) is 32.6. The lowest BCUT2D eigenvalue weighted by Crippen LogP contribution is -2.29. The first-order valence-electron chi connectivity index (χ1n) is 10.7. The first kappa shape index (κ1) is 40.3. The monoisotopic (exact) mass is 804 g/mol. The third-order valence-electron chi connectivity index (χ3n) is 5.49. The second-order valence-electron chi connectivity index (χ2n) is 8.03. The van der Waals surface area contributed by atoms with Crippen LogP contribution in [0.2, 0.25) is 0 Å². The average Bonchev–Trinajstić information content (AvgIpc) is 2.88. The van der Waals surface area contributed by atoms with Gasteiger partial charge >= 0.3 is 0 Å². The molecule has 0 fully saturated rings. The lowest BCUT2D eigenvalue weighted by atomic mass is 9.79. The highest BCUT2D eigenvalue weighted by molar-refractivity contribution is 7.96. The SMILES string of the molecule is O=C(Cc1c(CC(=O)N(S)S)c(CC(=O)N(S)S)c(CC(=O)N(S)S)c(CC(=O)N(S)S)c1CC(=O)N(S)S)N(S)S. The molecule has 42 heavy (non-hydrogen) atoms. The first-order valence-corrected chi connectivity index (χ1v) is 15.5. The number of nitrogens with zero attached hydrogens (tertiary/aromatic N) is 6. The van der Waals surface area contributed by atoms with Gasteiger partial charge in [0.05, 0.1) is 38.5 Å². The largest absolute Gasteiger partial charge is 0.273 e. The van der Waals surface area contributed by atoms with E-state index in [0.29, 0.717) is 22.3 Å². The quantitative estimate of drug-likeness (QED) is 0.147. The maximum absolute atomic E-state index is 12.9. The standard InChI is InChI=1S/C18H24N6O6S12/c25-13(19(31)32)1-7-8(2-14(26)20(33)34)10(4-16(28)22(37)38)12(6-18(30)24(41)42)11(5-17(29)23(39)40)9(7)3-15(27)21(35)36/h31-42H,1-6H2. The highest BCUT2D eigenvalue weighted by Crippen LogP contribution is 2.35. The Balaban J connectivity index is 4.52. The molecule has 0 aliphatic rings. The molecule has 0 aliphatic carbocycles. The summed E-state index contributed by atoms with van der Waals surface area (Å²) in [5, 5.41) is 0. The highest BCUT2D eigenvalue weighted by Gasteiger charge is 2.32. The van der Waals surface area contributed by atoms with Crippen molar-refractivity contribution >= 4 is 189 Å². The van der Waals surface area contributed by atoms with E-state index in [-0.39, 0.29) is 33.4 Å². The summed E-state index contributed by atoms with van der Waals surface area (Å²) in [6.45, 7) is 0. The predicted octanol–water partition coefficient (Wildman–Crippen LogP) is 2.05. The van der Waals surface area contributed by atoms with Crippen LogP contribution < -0.4 is 0 Å². The van der Waals surface area contributed by atoms with E-state index in [0.717, 1.165) is 0 Å². The fourth-order valence-electron chi connectivity index (χ4n) is 3.70. The molecule has 0 heterocycles. The summed E-state index contributed by atoms with van der Waals surface area (Å²) in [5.74, 6) is -4.27. The van der Waals surface area contributed by atoms with Crippen LogP contribution in [-0.4, -0.2) is 57.7 Å². The number of amides is 6. The molecular formula is C18H24N6O6S12. The molecule has 0 aliphatic heterocycles. The number of benzene rings is 1. The Hall–Kier alpha value is 0.240. The minimum absolute atomic E-state index is 0.0620. The van der Waals surface area contributed by atoms with E-state index in [4.69, 9.17) is 0 Å². The highest BCUT2D eigenvalue weighted by atomic mass is 32.2. The van der Waals surface area contributed by atoms with Gasteiger partial charge < -0.3 is 0 Å². The minimum Gasteiger partial charge on any atom is -0.273 e. The van der Waals surface area contributed by atoms with Gasteiger partial charge in [0.25, 0.3) is 0 Å². The number of hydrogen-bond acceptors (Lipinski definition) is 18. The third kappa shape index (κ3) is 11.9. The summed E-state index contributed by atoms with van der Waals surface area (Å²) in [5.41, 5.74) is 0.372. The van der Waals surface area contributed by atoms with Crippen molar-refractivity contribution in [1.82, 2.24) is 22.3 Å². The molecule has 0 saturated carbocycles. The van der Waals surface area contributed by atoms with Gasteiger partial charge in [0.15, 0.2) is 0 Å². The Morgan fingerprint density at radius 3 is 0.452 bits per heavy atom. The van der Waals surface area contributed by atoms with Crippen molar-refractivity contribution in [2.75, 3.05) is 0 Å². The van der Waals surface area contributed by atoms with Gasteiger partial charge in [-0.3, -0.25) is 28.8 Å². The van der Waals surface area contributed by atoms with Gasteiger partial charge in [-0.2, -0.15) is 0 Å². The Morgan fingerprint density at radius 2 is 0.381 bits per heavy atom. The van der Waals surface area contributed by atoms with Crippen LogP contribution in [0.3, 0.4) is 0 Å². The number of carbonyl (C=O) groups is 6. The number of thiol groups is 12. The van der Waals surface area contributed by atoms with Crippen LogP contribution in [0.5, 0.6) is 0 Å². The second kappa shape index (κ2) is 18.4. The van der Waals surface area contributed by atoms with Crippen LogP contribution in [0.25, 0.3) is 0 Å². The molecule has 0 aromatic heterocycles. The topological polar surface area (TPSA) is 122 Å².